The number of sulfonamides is 1. The van der Waals surface area contributed by atoms with Gasteiger partial charge in [-0.1, -0.05) is 31.5 Å². The average molecular weight is 271 g/mol. The Morgan fingerprint density at radius 2 is 1.89 bits per heavy atom. The van der Waals surface area contributed by atoms with E-state index in [0.29, 0.717) is 13.0 Å². The molecule has 102 valence electrons. The standard InChI is InChI=1S/C13H21NO3S/c1-2-6-12(9-10-15)11-14-18(16,17)13-7-4-3-5-8-13/h3-5,7-8,12,14-15H,2,6,9-11H2,1H3. The van der Waals surface area contributed by atoms with Gasteiger partial charge in [-0.05, 0) is 30.9 Å². The van der Waals surface area contributed by atoms with Gasteiger partial charge in [-0.25, -0.2) is 13.1 Å². The van der Waals surface area contributed by atoms with Gasteiger partial charge in [-0.15, -0.1) is 0 Å². The highest BCUT2D eigenvalue weighted by Crippen LogP contribution is 2.12. The summed E-state index contributed by atoms with van der Waals surface area (Å²) < 4.78 is 26.5. The van der Waals surface area contributed by atoms with Crippen LogP contribution in [0.15, 0.2) is 35.2 Å². The van der Waals surface area contributed by atoms with Crippen molar-refractivity contribution >= 4 is 10.0 Å². The number of rotatable bonds is 8. The van der Waals surface area contributed by atoms with Gasteiger partial charge < -0.3 is 5.11 Å². The summed E-state index contributed by atoms with van der Waals surface area (Å²) in [7, 11) is -3.42. The average Bonchev–Trinajstić information content (AvgIpc) is 2.38. The molecule has 4 nitrogen and oxygen atoms in total. The summed E-state index contributed by atoms with van der Waals surface area (Å²) in [6.45, 7) is 2.53. The second-order valence-corrected chi connectivity index (χ2v) is 6.10. The van der Waals surface area contributed by atoms with E-state index in [9.17, 15) is 8.42 Å². The lowest BCUT2D eigenvalue weighted by Crippen LogP contribution is -2.29. The molecule has 0 aliphatic rings. The van der Waals surface area contributed by atoms with Crippen molar-refractivity contribution in [2.75, 3.05) is 13.2 Å². The van der Waals surface area contributed by atoms with Gasteiger partial charge in [0.05, 0.1) is 4.90 Å². The Hall–Kier alpha value is -0.910. The third-order valence-corrected chi connectivity index (χ3v) is 4.29. The topological polar surface area (TPSA) is 66.4 Å². The number of hydrogen-bond donors (Lipinski definition) is 2. The highest BCUT2D eigenvalue weighted by Gasteiger charge is 2.15. The molecule has 0 aliphatic carbocycles. The SMILES string of the molecule is CCCC(CCO)CNS(=O)(=O)c1ccccc1. The van der Waals surface area contributed by atoms with Gasteiger partial charge >= 0.3 is 0 Å². The van der Waals surface area contributed by atoms with Crippen molar-refractivity contribution in [3.05, 3.63) is 30.3 Å². The Bertz CT molecular complexity index is 425. The molecule has 0 amide bonds. The van der Waals surface area contributed by atoms with Crippen molar-refractivity contribution in [2.45, 2.75) is 31.1 Å². The summed E-state index contributed by atoms with van der Waals surface area (Å²) in [5.41, 5.74) is 0. The van der Waals surface area contributed by atoms with E-state index >= 15 is 0 Å². The van der Waals surface area contributed by atoms with Gasteiger partial charge in [0.2, 0.25) is 10.0 Å². The molecule has 0 aliphatic heterocycles. The number of nitrogens with one attached hydrogen (secondary N) is 1. The smallest absolute Gasteiger partial charge is 0.240 e. The zero-order valence-corrected chi connectivity index (χ0v) is 11.5. The molecular weight excluding hydrogens is 250 g/mol. The fourth-order valence-corrected chi connectivity index (χ4v) is 2.99. The number of aliphatic hydroxyl groups is 1. The number of benzene rings is 1. The van der Waals surface area contributed by atoms with E-state index < -0.39 is 10.0 Å². The maximum atomic E-state index is 12.0. The lowest BCUT2D eigenvalue weighted by Gasteiger charge is -2.15. The molecule has 0 saturated carbocycles. The van der Waals surface area contributed by atoms with Crippen LogP contribution in [0.4, 0.5) is 0 Å². The Balaban J connectivity index is 2.61. The molecule has 0 radical (unpaired) electrons. The molecule has 1 unspecified atom stereocenters. The minimum absolute atomic E-state index is 0.0950. The molecule has 18 heavy (non-hydrogen) atoms. The van der Waals surface area contributed by atoms with Gasteiger partial charge in [0, 0.05) is 13.2 Å². The van der Waals surface area contributed by atoms with E-state index in [-0.39, 0.29) is 17.4 Å². The van der Waals surface area contributed by atoms with Crippen LogP contribution in [0.1, 0.15) is 26.2 Å². The Labute approximate surface area is 109 Å². The summed E-state index contributed by atoms with van der Waals surface area (Å²) in [5, 5.41) is 8.93. The molecular formula is C13H21NO3S. The predicted octanol–water partition coefficient (Wildman–Crippen LogP) is 1.76. The van der Waals surface area contributed by atoms with E-state index in [1.807, 2.05) is 0 Å². The summed E-state index contributed by atoms with van der Waals surface area (Å²) in [4.78, 5) is 0.282. The van der Waals surface area contributed by atoms with Crippen LogP contribution in [0.5, 0.6) is 0 Å². The predicted molar refractivity (Wildman–Crippen MR) is 71.7 cm³/mol. The van der Waals surface area contributed by atoms with Gasteiger partial charge in [-0.2, -0.15) is 0 Å². The van der Waals surface area contributed by atoms with E-state index in [4.69, 9.17) is 5.11 Å². The highest BCUT2D eigenvalue weighted by atomic mass is 32.2. The molecule has 0 fully saturated rings. The minimum Gasteiger partial charge on any atom is -0.396 e. The van der Waals surface area contributed by atoms with Crippen LogP contribution < -0.4 is 4.72 Å². The number of hydrogen-bond acceptors (Lipinski definition) is 3. The van der Waals surface area contributed by atoms with Crippen molar-refractivity contribution in [2.24, 2.45) is 5.92 Å². The van der Waals surface area contributed by atoms with Crippen molar-refractivity contribution in [1.82, 2.24) is 4.72 Å². The molecule has 1 aromatic rings. The van der Waals surface area contributed by atoms with Gasteiger partial charge in [-0.3, -0.25) is 0 Å². The van der Waals surface area contributed by atoms with E-state index in [2.05, 4.69) is 11.6 Å². The van der Waals surface area contributed by atoms with Crippen molar-refractivity contribution in [3.8, 4) is 0 Å². The molecule has 2 N–H and O–H groups in total. The first kappa shape index (κ1) is 15.1. The van der Waals surface area contributed by atoms with Gasteiger partial charge in [0.15, 0.2) is 0 Å². The van der Waals surface area contributed by atoms with Crippen LogP contribution in [-0.2, 0) is 10.0 Å². The van der Waals surface area contributed by atoms with Crippen LogP contribution >= 0.6 is 0 Å². The zero-order chi connectivity index (χ0) is 13.4. The Kier molecular flexibility index (Phi) is 6.32. The maximum absolute atomic E-state index is 12.0. The molecule has 5 heteroatoms. The molecule has 0 aromatic heterocycles. The third-order valence-electron chi connectivity index (χ3n) is 2.85. The van der Waals surface area contributed by atoms with Crippen LogP contribution in [0.2, 0.25) is 0 Å². The van der Waals surface area contributed by atoms with Gasteiger partial charge in [0.25, 0.3) is 0 Å². The second-order valence-electron chi connectivity index (χ2n) is 4.33. The quantitative estimate of drug-likeness (QED) is 0.757. The second kappa shape index (κ2) is 7.51. The summed E-state index contributed by atoms with van der Waals surface area (Å²) in [5.74, 6) is 0.193. The van der Waals surface area contributed by atoms with Crippen molar-refractivity contribution in [3.63, 3.8) is 0 Å². The first-order chi connectivity index (χ1) is 8.60. The maximum Gasteiger partial charge on any atom is 0.240 e. The first-order valence-electron chi connectivity index (χ1n) is 6.25. The zero-order valence-electron chi connectivity index (χ0n) is 10.7. The van der Waals surface area contributed by atoms with Gasteiger partial charge in [0.1, 0.15) is 0 Å². The lowest BCUT2D eigenvalue weighted by molar-refractivity contribution is 0.251. The fraction of sp³-hybridized carbons (Fsp3) is 0.538. The Morgan fingerprint density at radius 1 is 1.22 bits per heavy atom. The van der Waals surface area contributed by atoms with E-state index in [1.54, 1.807) is 30.3 Å². The highest BCUT2D eigenvalue weighted by molar-refractivity contribution is 7.89. The molecule has 1 rings (SSSR count). The third kappa shape index (κ3) is 4.76. The monoisotopic (exact) mass is 271 g/mol. The summed E-state index contributed by atoms with van der Waals surface area (Å²) in [6.07, 6.45) is 2.53. The fourth-order valence-electron chi connectivity index (χ4n) is 1.85. The minimum atomic E-state index is -3.42. The first-order valence-corrected chi connectivity index (χ1v) is 7.74. The van der Waals surface area contributed by atoms with Crippen molar-refractivity contribution in [1.29, 1.82) is 0 Å². The molecule has 0 heterocycles. The molecule has 0 spiro atoms. The molecule has 1 atom stereocenters. The lowest BCUT2D eigenvalue weighted by atomic mass is 10.0. The molecule has 0 saturated heterocycles. The van der Waals surface area contributed by atoms with Crippen LogP contribution in [0, 0.1) is 5.92 Å². The van der Waals surface area contributed by atoms with Crippen molar-refractivity contribution < 1.29 is 13.5 Å². The summed E-state index contributed by atoms with van der Waals surface area (Å²) >= 11 is 0. The van der Waals surface area contributed by atoms with E-state index in [0.717, 1.165) is 12.8 Å². The number of aliphatic hydroxyl groups excluding tert-OH is 1. The normalized spacial score (nSPS) is 13.4. The van der Waals surface area contributed by atoms with Crippen LogP contribution in [-0.4, -0.2) is 26.7 Å². The van der Waals surface area contributed by atoms with Crippen LogP contribution in [0.25, 0.3) is 0 Å². The largest absolute Gasteiger partial charge is 0.396 e. The molecule has 1 aromatic carbocycles. The van der Waals surface area contributed by atoms with E-state index in [1.165, 1.54) is 0 Å². The summed E-state index contributed by atoms with van der Waals surface area (Å²) in [6, 6.07) is 8.33. The molecule has 0 bridgehead atoms. The Morgan fingerprint density at radius 3 is 2.44 bits per heavy atom. The van der Waals surface area contributed by atoms with Crippen LogP contribution in [0.3, 0.4) is 0 Å².